The fourth-order valence-corrected chi connectivity index (χ4v) is 5.67. The van der Waals surface area contributed by atoms with Gasteiger partial charge in [0.15, 0.2) is 0 Å². The molecule has 0 saturated carbocycles. The largest absolute Gasteiger partial charge is 0.462 e. The molecule has 1 aliphatic rings. The summed E-state index contributed by atoms with van der Waals surface area (Å²) in [5.41, 5.74) is 3.81. The van der Waals surface area contributed by atoms with Crippen LogP contribution in [0.2, 0.25) is 0 Å². The number of benzene rings is 1. The molecule has 0 bridgehead atoms. The maximum absolute atomic E-state index is 14.0. The van der Waals surface area contributed by atoms with E-state index < -0.39 is 80.0 Å². The van der Waals surface area contributed by atoms with Crippen LogP contribution in [0.1, 0.15) is 53.7 Å². The molecule has 1 aliphatic heterocycles. The highest BCUT2D eigenvalue weighted by molar-refractivity contribution is 7.52. The molecule has 0 radical (unpaired) electrons. The van der Waals surface area contributed by atoms with Crippen LogP contribution in [0.15, 0.2) is 46.1 Å². The molecule has 16 heteroatoms. The van der Waals surface area contributed by atoms with Crippen molar-refractivity contribution >= 4 is 19.7 Å². The van der Waals surface area contributed by atoms with Crippen molar-refractivity contribution in [3.63, 3.8) is 0 Å². The fourth-order valence-electron chi connectivity index (χ4n) is 4.17. The molecule has 0 unspecified atom stereocenters. The molecule has 1 fully saturated rings. The molecule has 0 amide bonds. The zero-order valence-corrected chi connectivity index (χ0v) is 25.5. The van der Waals surface area contributed by atoms with Gasteiger partial charge in [0.2, 0.25) is 5.82 Å². The Morgan fingerprint density at radius 2 is 1.84 bits per heavy atom. The average molecular weight is 629 g/mol. The number of para-hydroxylation sites is 1. The number of ether oxygens (including phenoxy) is 3. The van der Waals surface area contributed by atoms with E-state index >= 15 is 0 Å². The van der Waals surface area contributed by atoms with E-state index in [9.17, 15) is 28.1 Å². The summed E-state index contributed by atoms with van der Waals surface area (Å²) in [6.07, 6.45) is -3.04. The maximum Gasteiger partial charge on any atom is 0.459 e. The van der Waals surface area contributed by atoms with Gasteiger partial charge in [-0.2, -0.15) is 9.48 Å². The highest BCUT2D eigenvalue weighted by Crippen LogP contribution is 2.46. The number of hydrogen-bond donors (Lipinski definition) is 3. The molecule has 4 N–H and O–H groups in total. The lowest BCUT2D eigenvalue weighted by molar-refractivity contribution is -0.155. The summed E-state index contributed by atoms with van der Waals surface area (Å²) in [5, 5.41) is 2.54. The van der Waals surface area contributed by atoms with E-state index in [4.69, 9.17) is 29.0 Å². The third kappa shape index (κ3) is 9.83. The minimum Gasteiger partial charge on any atom is -0.462 e. The van der Waals surface area contributed by atoms with E-state index in [1.807, 2.05) is 18.8 Å². The summed E-state index contributed by atoms with van der Waals surface area (Å²) in [6.45, 7) is 7.95. The van der Waals surface area contributed by atoms with Crippen LogP contribution in [-0.2, 0) is 32.9 Å². The van der Waals surface area contributed by atoms with E-state index in [1.54, 1.807) is 32.0 Å². The van der Waals surface area contributed by atoms with Crippen LogP contribution in [0.25, 0.3) is 0 Å². The van der Waals surface area contributed by atoms with Gasteiger partial charge in [0.1, 0.15) is 36.3 Å². The normalized spacial score (nSPS) is 21.3. The lowest BCUT2D eigenvalue weighted by Crippen LogP contribution is -2.40. The number of carbonyl (C=O) groups is 2. The molecule has 3 rings (SSSR count). The Bertz CT molecular complexity index is 1420. The number of halogens is 1. The molecule has 1 aromatic heterocycles. The standard InChI is InChI=1S/C27H38FN4O10P/c1-15(2)11-20(29)26(35)41-21-12-23(32-13-19(28)24(33)30-27(32)36)40-22(21)14-38-43(37,42-18-9-7-6-8-10-18)31-17(5)25(34)39-16(3)4/h6-10,13,15-17,20-23H,11-12,14,29H2,1-5H3,(H,31,37)(H,30,33,36)/t17-,20-,21-,22+,23+,43-/m0/s1. The molecule has 6 atom stereocenters. The predicted molar refractivity (Wildman–Crippen MR) is 152 cm³/mol. The van der Waals surface area contributed by atoms with Crippen molar-refractivity contribution in [2.75, 3.05) is 6.61 Å². The minimum atomic E-state index is -4.33. The molecule has 0 aliphatic carbocycles. The predicted octanol–water partition coefficient (Wildman–Crippen LogP) is 2.38. The van der Waals surface area contributed by atoms with Crippen LogP contribution in [0, 0.1) is 11.7 Å². The van der Waals surface area contributed by atoms with Crippen molar-refractivity contribution in [1.29, 1.82) is 0 Å². The highest BCUT2D eigenvalue weighted by Gasteiger charge is 2.43. The molecule has 2 heterocycles. The number of nitrogens with two attached hydrogens (primary N) is 1. The molecule has 14 nitrogen and oxygen atoms in total. The summed E-state index contributed by atoms with van der Waals surface area (Å²) in [7, 11) is -4.33. The molecular weight excluding hydrogens is 590 g/mol. The lowest BCUT2D eigenvalue weighted by atomic mass is 10.0. The number of aromatic amines is 1. The highest BCUT2D eigenvalue weighted by atomic mass is 31.2. The van der Waals surface area contributed by atoms with Gasteiger partial charge < -0.3 is 24.5 Å². The molecule has 0 spiro atoms. The molecule has 1 aromatic carbocycles. The molecule has 2 aromatic rings. The first-order valence-electron chi connectivity index (χ1n) is 13.8. The van der Waals surface area contributed by atoms with Gasteiger partial charge in [-0.1, -0.05) is 32.0 Å². The van der Waals surface area contributed by atoms with Crippen molar-refractivity contribution in [3.8, 4) is 5.75 Å². The van der Waals surface area contributed by atoms with E-state index in [-0.39, 0.29) is 18.1 Å². The summed E-state index contributed by atoms with van der Waals surface area (Å²) >= 11 is 0. The maximum atomic E-state index is 14.0. The lowest BCUT2D eigenvalue weighted by Gasteiger charge is -2.26. The van der Waals surface area contributed by atoms with Crippen molar-refractivity contribution in [2.45, 2.75) is 84.1 Å². The summed E-state index contributed by atoms with van der Waals surface area (Å²) in [5.74, 6) is -2.44. The number of nitrogens with one attached hydrogen (secondary N) is 2. The minimum absolute atomic E-state index is 0.0911. The third-order valence-electron chi connectivity index (χ3n) is 6.15. The quantitative estimate of drug-likeness (QED) is 0.205. The van der Waals surface area contributed by atoms with Gasteiger partial charge in [0.25, 0.3) is 5.56 Å². The van der Waals surface area contributed by atoms with Gasteiger partial charge >= 0.3 is 25.4 Å². The number of aromatic nitrogens is 2. The van der Waals surface area contributed by atoms with E-state index in [1.165, 1.54) is 19.1 Å². The summed E-state index contributed by atoms with van der Waals surface area (Å²) in [6, 6.07) is 5.94. The number of rotatable bonds is 14. The van der Waals surface area contributed by atoms with Gasteiger partial charge in [-0.25, -0.2) is 9.36 Å². The molecule has 43 heavy (non-hydrogen) atoms. The topological polar surface area (TPSA) is 190 Å². The summed E-state index contributed by atoms with van der Waals surface area (Å²) < 4.78 is 56.7. The second-order valence-electron chi connectivity index (χ2n) is 10.8. The smallest absolute Gasteiger partial charge is 0.459 e. The third-order valence-corrected chi connectivity index (χ3v) is 7.79. The number of H-pyrrole nitrogens is 1. The molecule has 1 saturated heterocycles. The van der Waals surface area contributed by atoms with Crippen molar-refractivity contribution in [3.05, 3.63) is 63.2 Å². The van der Waals surface area contributed by atoms with Crippen LogP contribution in [0.3, 0.4) is 0 Å². The van der Waals surface area contributed by atoms with Crippen LogP contribution in [0.4, 0.5) is 4.39 Å². The number of hydrogen-bond acceptors (Lipinski definition) is 11. The van der Waals surface area contributed by atoms with Crippen molar-refractivity contribution in [2.24, 2.45) is 11.7 Å². The Balaban J connectivity index is 1.86. The van der Waals surface area contributed by atoms with E-state index in [0.717, 1.165) is 4.57 Å². The van der Waals surface area contributed by atoms with Crippen LogP contribution in [0.5, 0.6) is 5.75 Å². The van der Waals surface area contributed by atoms with Gasteiger partial charge in [-0.3, -0.25) is 28.5 Å². The Labute approximate surface area is 247 Å². The second-order valence-corrected chi connectivity index (χ2v) is 12.4. The Morgan fingerprint density at radius 3 is 2.47 bits per heavy atom. The number of esters is 2. The van der Waals surface area contributed by atoms with Gasteiger partial charge in [0.05, 0.1) is 18.9 Å². The van der Waals surface area contributed by atoms with Crippen molar-refractivity contribution < 1.29 is 41.8 Å². The number of nitrogens with zero attached hydrogens (tertiary/aromatic N) is 1. The molecular formula is C27H38FN4O10P. The molecule has 238 valence electrons. The van der Waals surface area contributed by atoms with E-state index in [2.05, 4.69) is 5.09 Å². The van der Waals surface area contributed by atoms with Crippen LogP contribution >= 0.6 is 7.75 Å². The van der Waals surface area contributed by atoms with Gasteiger partial charge in [-0.15, -0.1) is 0 Å². The first kappa shape index (κ1) is 34.1. The van der Waals surface area contributed by atoms with Gasteiger partial charge in [-0.05, 0) is 45.2 Å². The van der Waals surface area contributed by atoms with Crippen molar-refractivity contribution in [1.82, 2.24) is 14.6 Å². The first-order valence-corrected chi connectivity index (χ1v) is 15.3. The second kappa shape index (κ2) is 14.9. The monoisotopic (exact) mass is 628 g/mol. The zero-order valence-electron chi connectivity index (χ0n) is 24.6. The fraction of sp³-hybridized carbons (Fsp3) is 0.556. The van der Waals surface area contributed by atoms with E-state index in [0.29, 0.717) is 12.6 Å². The SMILES string of the molecule is CC(C)C[C@H](N)C(=O)O[C@H]1C[C@H](n2cc(F)c(=O)[nH]c2=O)O[C@@H]1CO[P@@](=O)(N[C@@H](C)C(=O)OC(C)C)Oc1ccccc1. The van der Waals surface area contributed by atoms with Gasteiger partial charge in [0, 0.05) is 6.42 Å². The Hall–Kier alpha value is -3.36. The Kier molecular flexibility index (Phi) is 11.8. The Morgan fingerprint density at radius 1 is 1.16 bits per heavy atom. The van der Waals surface area contributed by atoms with Crippen LogP contribution in [-0.4, -0.2) is 58.5 Å². The van der Waals surface area contributed by atoms with Crippen LogP contribution < -0.4 is 26.6 Å². The first-order chi connectivity index (χ1) is 20.2. The average Bonchev–Trinajstić information content (AvgIpc) is 3.31. The zero-order chi connectivity index (χ0) is 31.9. The summed E-state index contributed by atoms with van der Waals surface area (Å²) in [4.78, 5) is 51.0. The number of carbonyl (C=O) groups excluding carboxylic acids is 2.